The molecule has 106 valence electrons. The third kappa shape index (κ3) is 2.97. The number of aromatic nitrogens is 4. The highest BCUT2D eigenvalue weighted by Gasteiger charge is 2.06. The van der Waals surface area contributed by atoms with E-state index in [-0.39, 0.29) is 11.6 Å². The Kier molecular flexibility index (Phi) is 3.46. The van der Waals surface area contributed by atoms with E-state index in [4.69, 9.17) is 0 Å². The number of benzene rings is 2. The van der Waals surface area contributed by atoms with E-state index in [0.29, 0.717) is 12.2 Å². The molecule has 0 unspecified atom stereocenters. The van der Waals surface area contributed by atoms with Crippen LogP contribution in [-0.4, -0.2) is 25.3 Å². The Morgan fingerprint density at radius 2 is 1.95 bits per heavy atom. The molecule has 0 aliphatic rings. The van der Waals surface area contributed by atoms with Crippen LogP contribution in [-0.2, 0) is 6.54 Å². The molecule has 0 aliphatic carbocycles. The molecule has 0 saturated carbocycles. The normalized spacial score (nSPS) is 10.5. The number of aromatic hydroxyl groups is 1. The third-order valence-electron chi connectivity index (χ3n) is 2.98. The lowest BCUT2D eigenvalue weighted by Gasteiger charge is -2.09. The van der Waals surface area contributed by atoms with E-state index >= 15 is 0 Å². The standard InChI is InChI=1S/C14H12FN5O/c15-11-3-1-10(2-4-11)8-16-12-5-6-13(14(21)7-12)20-9-17-18-19-20/h1-7,9,16,21H,8H2. The second kappa shape index (κ2) is 5.58. The molecule has 3 rings (SSSR count). The van der Waals surface area contributed by atoms with Crippen LogP contribution < -0.4 is 5.32 Å². The summed E-state index contributed by atoms with van der Waals surface area (Å²) in [6.45, 7) is 0.532. The predicted octanol–water partition coefficient (Wildman–Crippen LogP) is 2.12. The molecule has 1 heterocycles. The Labute approximate surface area is 119 Å². The largest absolute Gasteiger partial charge is 0.506 e. The highest BCUT2D eigenvalue weighted by molar-refractivity contribution is 5.56. The Balaban J connectivity index is 1.72. The smallest absolute Gasteiger partial charge is 0.144 e. The number of nitrogens with zero attached hydrogens (tertiary/aromatic N) is 4. The number of tetrazole rings is 1. The minimum absolute atomic E-state index is 0.0615. The van der Waals surface area contributed by atoms with Crippen molar-refractivity contribution in [3.05, 3.63) is 60.2 Å². The van der Waals surface area contributed by atoms with Crippen LogP contribution in [0.2, 0.25) is 0 Å². The van der Waals surface area contributed by atoms with E-state index in [1.54, 1.807) is 30.3 Å². The van der Waals surface area contributed by atoms with Gasteiger partial charge in [0.05, 0.1) is 0 Å². The highest BCUT2D eigenvalue weighted by atomic mass is 19.1. The number of halogens is 1. The summed E-state index contributed by atoms with van der Waals surface area (Å²) < 4.78 is 14.2. The maximum absolute atomic E-state index is 12.8. The van der Waals surface area contributed by atoms with E-state index < -0.39 is 0 Å². The lowest BCUT2D eigenvalue weighted by molar-refractivity contribution is 0.470. The van der Waals surface area contributed by atoms with E-state index in [2.05, 4.69) is 20.8 Å². The molecule has 0 amide bonds. The summed E-state index contributed by atoms with van der Waals surface area (Å²) in [6.07, 6.45) is 1.40. The topological polar surface area (TPSA) is 75.9 Å². The summed E-state index contributed by atoms with van der Waals surface area (Å²) in [5.74, 6) is -0.200. The molecule has 21 heavy (non-hydrogen) atoms. The zero-order valence-corrected chi connectivity index (χ0v) is 10.9. The molecule has 0 spiro atoms. The molecule has 1 aromatic heterocycles. The van der Waals surface area contributed by atoms with Crippen molar-refractivity contribution in [3.8, 4) is 11.4 Å². The molecule has 6 nitrogen and oxygen atoms in total. The summed E-state index contributed by atoms with van der Waals surface area (Å²) in [5, 5.41) is 23.9. The van der Waals surface area contributed by atoms with Crippen molar-refractivity contribution in [2.75, 3.05) is 5.32 Å². The maximum atomic E-state index is 12.8. The van der Waals surface area contributed by atoms with Crippen LogP contribution in [0.1, 0.15) is 5.56 Å². The molecule has 0 bridgehead atoms. The number of phenolic OH excluding ortho intramolecular Hbond substituents is 1. The second-order valence-corrected chi connectivity index (χ2v) is 4.44. The third-order valence-corrected chi connectivity index (χ3v) is 2.98. The first-order valence-electron chi connectivity index (χ1n) is 6.27. The van der Waals surface area contributed by atoms with Crippen molar-refractivity contribution in [1.82, 2.24) is 20.2 Å². The number of rotatable bonds is 4. The fourth-order valence-electron chi connectivity index (χ4n) is 1.91. The highest BCUT2D eigenvalue weighted by Crippen LogP contribution is 2.24. The Morgan fingerprint density at radius 3 is 2.62 bits per heavy atom. The lowest BCUT2D eigenvalue weighted by Crippen LogP contribution is -2.01. The van der Waals surface area contributed by atoms with Crippen LogP contribution in [0.4, 0.5) is 10.1 Å². The molecule has 0 fully saturated rings. The van der Waals surface area contributed by atoms with Crippen molar-refractivity contribution < 1.29 is 9.50 Å². The molecule has 2 aromatic carbocycles. The molecule has 7 heteroatoms. The molecule has 2 N–H and O–H groups in total. The fourth-order valence-corrected chi connectivity index (χ4v) is 1.91. The van der Waals surface area contributed by atoms with Crippen molar-refractivity contribution in [1.29, 1.82) is 0 Å². The van der Waals surface area contributed by atoms with Crippen molar-refractivity contribution in [2.24, 2.45) is 0 Å². The summed E-state index contributed by atoms with van der Waals surface area (Å²) in [6, 6.07) is 11.3. The molecule has 0 atom stereocenters. The Morgan fingerprint density at radius 1 is 1.14 bits per heavy atom. The maximum Gasteiger partial charge on any atom is 0.144 e. The number of nitrogens with one attached hydrogen (secondary N) is 1. The van der Waals surface area contributed by atoms with Gasteiger partial charge in [0.2, 0.25) is 0 Å². The predicted molar refractivity (Wildman–Crippen MR) is 74.5 cm³/mol. The summed E-state index contributed by atoms with van der Waals surface area (Å²) in [5.41, 5.74) is 2.18. The van der Waals surface area contributed by atoms with Crippen LogP contribution in [0.5, 0.6) is 5.75 Å². The average Bonchev–Trinajstić information content (AvgIpc) is 3.01. The second-order valence-electron chi connectivity index (χ2n) is 4.44. The van der Waals surface area contributed by atoms with Gasteiger partial charge >= 0.3 is 0 Å². The van der Waals surface area contributed by atoms with Gasteiger partial charge in [-0.2, -0.15) is 4.68 Å². The lowest BCUT2D eigenvalue weighted by atomic mass is 10.2. The van der Waals surface area contributed by atoms with Gasteiger partial charge in [-0.15, -0.1) is 5.10 Å². The van der Waals surface area contributed by atoms with Crippen LogP contribution >= 0.6 is 0 Å². The van der Waals surface area contributed by atoms with Gasteiger partial charge in [-0.1, -0.05) is 12.1 Å². The van der Waals surface area contributed by atoms with Crippen molar-refractivity contribution in [3.63, 3.8) is 0 Å². The number of phenols is 1. The van der Waals surface area contributed by atoms with Gasteiger partial charge in [-0.05, 0) is 40.3 Å². The van der Waals surface area contributed by atoms with Crippen LogP contribution in [0, 0.1) is 5.82 Å². The minimum atomic E-state index is -0.262. The first-order valence-corrected chi connectivity index (χ1v) is 6.27. The van der Waals surface area contributed by atoms with E-state index in [9.17, 15) is 9.50 Å². The quantitative estimate of drug-likeness (QED) is 0.768. The average molecular weight is 285 g/mol. The summed E-state index contributed by atoms with van der Waals surface area (Å²) in [7, 11) is 0. The minimum Gasteiger partial charge on any atom is -0.506 e. The first-order chi connectivity index (χ1) is 10.2. The van der Waals surface area contributed by atoms with Crippen LogP contribution in [0.15, 0.2) is 48.8 Å². The van der Waals surface area contributed by atoms with Gasteiger partial charge in [0.1, 0.15) is 23.6 Å². The van der Waals surface area contributed by atoms with Crippen LogP contribution in [0.3, 0.4) is 0 Å². The van der Waals surface area contributed by atoms with Crippen molar-refractivity contribution in [2.45, 2.75) is 6.54 Å². The number of hydrogen-bond acceptors (Lipinski definition) is 5. The van der Waals surface area contributed by atoms with Gasteiger partial charge < -0.3 is 10.4 Å². The number of hydrogen-bond donors (Lipinski definition) is 2. The van der Waals surface area contributed by atoms with Gasteiger partial charge in [-0.25, -0.2) is 4.39 Å². The fraction of sp³-hybridized carbons (Fsp3) is 0.0714. The zero-order chi connectivity index (χ0) is 14.7. The summed E-state index contributed by atoms with van der Waals surface area (Å²) in [4.78, 5) is 0. The molecule has 0 radical (unpaired) electrons. The molecule has 0 aliphatic heterocycles. The zero-order valence-electron chi connectivity index (χ0n) is 10.9. The Hall–Kier alpha value is -2.96. The van der Waals surface area contributed by atoms with Gasteiger partial charge in [0.25, 0.3) is 0 Å². The molecular formula is C14H12FN5O. The van der Waals surface area contributed by atoms with Crippen LogP contribution in [0.25, 0.3) is 5.69 Å². The number of anilines is 1. The molecule has 0 saturated heterocycles. The molecular weight excluding hydrogens is 273 g/mol. The Bertz CT molecular complexity index is 728. The van der Waals surface area contributed by atoms with E-state index in [1.807, 2.05) is 0 Å². The first kappa shape index (κ1) is 13.0. The van der Waals surface area contributed by atoms with Gasteiger partial charge in [0, 0.05) is 18.3 Å². The van der Waals surface area contributed by atoms with Crippen molar-refractivity contribution >= 4 is 5.69 Å². The van der Waals surface area contributed by atoms with E-state index in [0.717, 1.165) is 11.3 Å². The monoisotopic (exact) mass is 285 g/mol. The van der Waals surface area contributed by atoms with Gasteiger partial charge in [-0.3, -0.25) is 0 Å². The molecule has 3 aromatic rings. The SMILES string of the molecule is Oc1cc(NCc2ccc(F)cc2)ccc1-n1cnnn1. The van der Waals surface area contributed by atoms with Gasteiger partial charge in [0.15, 0.2) is 0 Å². The van der Waals surface area contributed by atoms with E-state index in [1.165, 1.54) is 23.1 Å². The summed E-state index contributed by atoms with van der Waals surface area (Å²) >= 11 is 0.